The predicted molar refractivity (Wildman–Crippen MR) is 76.9 cm³/mol. The Morgan fingerprint density at radius 3 is 2.79 bits per heavy atom. The number of nitrogens with zero attached hydrogens (tertiary/aromatic N) is 2. The topological polar surface area (TPSA) is 169 Å². The number of aliphatic hydroxyl groups is 2. The van der Waals surface area contributed by atoms with Crippen molar-refractivity contribution in [2.75, 3.05) is 19.0 Å². The number of aliphatic hydroxyl groups excluding tert-OH is 2. The summed E-state index contributed by atoms with van der Waals surface area (Å²) in [5, 5.41) is 22.6. The summed E-state index contributed by atoms with van der Waals surface area (Å²) in [6.07, 6.45) is -4.23. The molecule has 0 aromatic carbocycles. The fourth-order valence-corrected chi connectivity index (χ4v) is 2.60. The molecule has 13 heteroatoms. The van der Waals surface area contributed by atoms with Gasteiger partial charge in [0.2, 0.25) is 0 Å². The Bertz CT molecular complexity index is 696. The number of carbonyl (C=O) groups is 1. The van der Waals surface area contributed by atoms with Crippen LogP contribution in [0.15, 0.2) is 17.1 Å². The Morgan fingerprint density at radius 1 is 1.50 bits per heavy atom. The van der Waals surface area contributed by atoms with Crippen molar-refractivity contribution >= 4 is 20.1 Å². The van der Waals surface area contributed by atoms with E-state index in [0.29, 0.717) is 5.82 Å². The van der Waals surface area contributed by atoms with E-state index in [9.17, 15) is 24.4 Å². The molecule has 1 saturated heterocycles. The molecule has 5 atom stereocenters. The van der Waals surface area contributed by atoms with Crippen LogP contribution in [-0.4, -0.2) is 63.1 Å². The minimum atomic E-state index is -4.63. The van der Waals surface area contributed by atoms with E-state index >= 15 is 0 Å². The minimum absolute atomic E-state index is 0.265. The van der Waals surface area contributed by atoms with E-state index < -0.39 is 44.7 Å². The second-order valence-corrected chi connectivity index (χ2v) is 6.17. The molecule has 0 bridgehead atoms. The van der Waals surface area contributed by atoms with Gasteiger partial charge in [-0.1, -0.05) is 0 Å². The highest BCUT2D eigenvalue weighted by molar-refractivity contribution is 7.47. The molecule has 2 rings (SSSR count). The van der Waals surface area contributed by atoms with Crippen LogP contribution in [0.25, 0.3) is 0 Å². The summed E-state index contributed by atoms with van der Waals surface area (Å²) in [5.41, 5.74) is -0.739. The molecular weight excluding hydrogens is 349 g/mol. The molecular formula is C11H16N3O9P. The lowest BCUT2D eigenvalue weighted by atomic mass is 10.1. The summed E-state index contributed by atoms with van der Waals surface area (Å²) in [6, 6.07) is 1.45. The summed E-state index contributed by atoms with van der Waals surface area (Å²) < 4.78 is 25.8. The van der Waals surface area contributed by atoms with Crippen molar-refractivity contribution in [3.8, 4) is 0 Å². The molecule has 4 N–H and O–H groups in total. The van der Waals surface area contributed by atoms with Gasteiger partial charge < -0.3 is 24.8 Å². The zero-order valence-electron chi connectivity index (χ0n) is 12.4. The second-order valence-electron chi connectivity index (χ2n) is 4.76. The molecule has 2 heterocycles. The maximum absolute atomic E-state index is 11.9. The van der Waals surface area contributed by atoms with Gasteiger partial charge in [-0.3, -0.25) is 18.8 Å². The quantitative estimate of drug-likeness (QED) is 0.317. The van der Waals surface area contributed by atoms with Gasteiger partial charge in [0.15, 0.2) is 6.23 Å². The van der Waals surface area contributed by atoms with Crippen LogP contribution in [0.4, 0.5) is 5.82 Å². The number of rotatable bonds is 7. The van der Waals surface area contributed by atoms with Gasteiger partial charge in [0, 0.05) is 13.2 Å². The number of hydrogen-bond donors (Lipinski definition) is 4. The second kappa shape index (κ2) is 7.38. The van der Waals surface area contributed by atoms with Crippen molar-refractivity contribution in [1.82, 2.24) is 9.55 Å². The number of phosphoric acid groups is 1. The van der Waals surface area contributed by atoms with E-state index in [2.05, 4.69) is 19.3 Å². The smallest absolute Gasteiger partial charge is 0.387 e. The van der Waals surface area contributed by atoms with Crippen molar-refractivity contribution < 1.29 is 38.3 Å². The lowest BCUT2D eigenvalue weighted by Gasteiger charge is -2.17. The van der Waals surface area contributed by atoms with Crippen LogP contribution in [0.1, 0.15) is 6.23 Å². The van der Waals surface area contributed by atoms with Gasteiger partial charge >= 0.3 is 20.0 Å². The normalized spacial score (nSPS) is 29.0. The Labute approximate surface area is 135 Å². The standard InChI is InChI=1S/C11H16N3O9P/c1-12-7-2-3-14(11(18)13-7)10-9(17)8(16)6(23-10)4-21-24(19,20)22-5-15/h2-3,5-6,8-10,16-17H,4H2,1H3,(H,19,20)(H,12,13,18). The highest BCUT2D eigenvalue weighted by atomic mass is 31.2. The summed E-state index contributed by atoms with van der Waals surface area (Å²) in [6.45, 7) is -0.925. The van der Waals surface area contributed by atoms with E-state index in [1.54, 1.807) is 7.05 Å². The van der Waals surface area contributed by atoms with E-state index in [4.69, 9.17) is 9.63 Å². The third-order valence-electron chi connectivity index (χ3n) is 3.28. The van der Waals surface area contributed by atoms with Gasteiger partial charge in [-0.25, -0.2) is 9.36 Å². The fourth-order valence-electron chi connectivity index (χ4n) is 2.09. The SMILES string of the molecule is CNc1ccn(C2OC(COP(=O)(O)OC=O)C(O)C2O)c(=O)n1. The number of anilines is 1. The minimum Gasteiger partial charge on any atom is -0.387 e. The van der Waals surface area contributed by atoms with Crippen LogP contribution < -0.4 is 11.0 Å². The summed E-state index contributed by atoms with van der Waals surface area (Å²) in [7, 11) is -3.06. The van der Waals surface area contributed by atoms with Crippen molar-refractivity contribution in [3.63, 3.8) is 0 Å². The van der Waals surface area contributed by atoms with Crippen LogP contribution in [0.3, 0.4) is 0 Å². The average Bonchev–Trinajstić information content (AvgIpc) is 2.81. The van der Waals surface area contributed by atoms with Gasteiger partial charge in [0.05, 0.1) is 6.61 Å². The highest BCUT2D eigenvalue weighted by Gasteiger charge is 2.45. The number of hydrogen-bond acceptors (Lipinski definition) is 10. The fraction of sp³-hybridized carbons (Fsp3) is 0.545. The lowest BCUT2D eigenvalue weighted by molar-refractivity contribution is -0.122. The Hall–Kier alpha value is -1.82. The largest absolute Gasteiger partial charge is 0.529 e. The molecule has 1 aliphatic rings. The first-order valence-electron chi connectivity index (χ1n) is 6.67. The van der Waals surface area contributed by atoms with E-state index in [1.807, 2.05) is 0 Å². The number of aromatic nitrogens is 2. The van der Waals surface area contributed by atoms with Crippen LogP contribution in [-0.2, 0) is 23.1 Å². The molecule has 1 aromatic rings. The maximum Gasteiger partial charge on any atom is 0.529 e. The first kappa shape index (κ1) is 18.5. The van der Waals surface area contributed by atoms with Gasteiger partial charge in [0.1, 0.15) is 24.1 Å². The molecule has 1 aromatic heterocycles. The third kappa shape index (κ3) is 3.98. The predicted octanol–water partition coefficient (Wildman–Crippen LogP) is -1.81. The lowest BCUT2D eigenvalue weighted by Crippen LogP contribution is -2.36. The highest BCUT2D eigenvalue weighted by Crippen LogP contribution is 2.43. The average molecular weight is 365 g/mol. The third-order valence-corrected chi connectivity index (χ3v) is 4.10. The maximum atomic E-state index is 11.9. The van der Waals surface area contributed by atoms with Gasteiger partial charge in [-0.05, 0) is 6.07 Å². The van der Waals surface area contributed by atoms with Gasteiger partial charge in [-0.15, -0.1) is 0 Å². The van der Waals surface area contributed by atoms with Crippen LogP contribution >= 0.6 is 7.82 Å². The monoisotopic (exact) mass is 365 g/mol. The van der Waals surface area contributed by atoms with Crippen LogP contribution in [0.2, 0.25) is 0 Å². The molecule has 0 radical (unpaired) electrons. The number of nitrogens with one attached hydrogen (secondary N) is 1. The molecule has 0 amide bonds. The van der Waals surface area contributed by atoms with Crippen molar-refractivity contribution in [2.45, 2.75) is 24.5 Å². The summed E-state index contributed by atoms with van der Waals surface area (Å²) in [4.78, 5) is 34.8. The molecule has 5 unspecified atom stereocenters. The molecule has 0 aliphatic carbocycles. The number of ether oxygens (including phenoxy) is 1. The van der Waals surface area contributed by atoms with Crippen molar-refractivity contribution in [2.24, 2.45) is 0 Å². The first-order valence-corrected chi connectivity index (χ1v) is 8.16. The zero-order chi connectivity index (χ0) is 17.9. The molecule has 1 aliphatic heterocycles. The van der Waals surface area contributed by atoms with Gasteiger partial charge in [-0.2, -0.15) is 4.98 Å². The Balaban J connectivity index is 2.11. The number of phosphoric ester groups is 1. The molecule has 1 fully saturated rings. The van der Waals surface area contributed by atoms with E-state index in [0.717, 1.165) is 4.57 Å². The molecule has 0 spiro atoms. The van der Waals surface area contributed by atoms with Crippen LogP contribution in [0.5, 0.6) is 0 Å². The summed E-state index contributed by atoms with van der Waals surface area (Å²) >= 11 is 0. The van der Waals surface area contributed by atoms with Crippen molar-refractivity contribution in [3.05, 3.63) is 22.7 Å². The van der Waals surface area contributed by atoms with E-state index in [1.165, 1.54) is 12.3 Å². The van der Waals surface area contributed by atoms with Crippen LogP contribution in [0, 0.1) is 0 Å². The first-order chi connectivity index (χ1) is 11.3. The molecule has 0 saturated carbocycles. The number of carbonyl (C=O) groups excluding carboxylic acids is 1. The van der Waals surface area contributed by atoms with Gasteiger partial charge in [0.25, 0.3) is 0 Å². The Morgan fingerprint density at radius 2 is 2.21 bits per heavy atom. The summed E-state index contributed by atoms with van der Waals surface area (Å²) in [5.74, 6) is 0.302. The van der Waals surface area contributed by atoms with E-state index in [-0.39, 0.29) is 6.47 Å². The zero-order valence-corrected chi connectivity index (χ0v) is 13.3. The van der Waals surface area contributed by atoms with Crippen molar-refractivity contribution in [1.29, 1.82) is 0 Å². The molecule has 134 valence electrons. The Kier molecular flexibility index (Phi) is 5.70. The molecule has 12 nitrogen and oxygen atoms in total. The molecule has 24 heavy (non-hydrogen) atoms.